The summed E-state index contributed by atoms with van der Waals surface area (Å²) in [7, 11) is 4.70. The Bertz CT molecular complexity index is 752. The van der Waals surface area contributed by atoms with Gasteiger partial charge in [0, 0.05) is 18.2 Å². The molecule has 0 atom stereocenters. The van der Waals surface area contributed by atoms with Crippen molar-refractivity contribution in [2.45, 2.75) is 13.0 Å². The minimum Gasteiger partial charge on any atom is -0.493 e. The average Bonchev–Trinajstić information content (AvgIpc) is 2.52. The minimum absolute atomic E-state index is 0.301. The third-order valence-electron chi connectivity index (χ3n) is 3.69. The number of nitrogens with zero attached hydrogens (tertiary/aromatic N) is 2. The molecule has 0 radical (unpaired) electrons. The van der Waals surface area contributed by atoms with Crippen molar-refractivity contribution in [2.75, 3.05) is 21.3 Å². The number of ether oxygens (including phenoxy) is 3. The van der Waals surface area contributed by atoms with Gasteiger partial charge in [0.25, 0.3) is 0 Å². The number of aromatic nitrogens is 2. The van der Waals surface area contributed by atoms with Crippen LogP contribution in [0.15, 0.2) is 23.0 Å². The fourth-order valence-electron chi connectivity index (χ4n) is 2.63. The van der Waals surface area contributed by atoms with Gasteiger partial charge in [0.15, 0.2) is 11.5 Å². The number of fused-ring (bicyclic) bond motifs is 3. The van der Waals surface area contributed by atoms with Crippen molar-refractivity contribution in [1.82, 2.24) is 9.55 Å². The van der Waals surface area contributed by atoms with Crippen LogP contribution in [-0.2, 0) is 13.0 Å². The van der Waals surface area contributed by atoms with E-state index >= 15 is 0 Å². The van der Waals surface area contributed by atoms with Gasteiger partial charge in [-0.05, 0) is 24.1 Å². The highest BCUT2D eigenvalue weighted by atomic mass is 16.5. The van der Waals surface area contributed by atoms with Crippen LogP contribution >= 0.6 is 0 Å². The molecule has 1 aliphatic rings. The lowest BCUT2D eigenvalue weighted by atomic mass is 9.97. The van der Waals surface area contributed by atoms with Gasteiger partial charge < -0.3 is 14.2 Å². The summed E-state index contributed by atoms with van der Waals surface area (Å²) in [5.41, 5.74) is 2.54. The van der Waals surface area contributed by atoms with E-state index in [-0.39, 0.29) is 5.69 Å². The zero-order valence-electron chi connectivity index (χ0n) is 12.2. The van der Waals surface area contributed by atoms with Gasteiger partial charge in [-0.2, -0.15) is 4.98 Å². The third-order valence-corrected chi connectivity index (χ3v) is 3.69. The summed E-state index contributed by atoms with van der Waals surface area (Å²) >= 11 is 0. The SMILES string of the molecule is COc1cc2n(c(=O)n1)CCc1cc(OC)c(OC)cc1-2. The Morgan fingerprint density at radius 2 is 1.76 bits per heavy atom. The number of methoxy groups -OCH3 is 3. The van der Waals surface area contributed by atoms with Gasteiger partial charge in [0.05, 0.1) is 27.0 Å². The van der Waals surface area contributed by atoms with Crippen molar-refractivity contribution in [3.63, 3.8) is 0 Å². The molecular weight excluding hydrogens is 272 g/mol. The molecule has 6 heteroatoms. The van der Waals surface area contributed by atoms with Crippen molar-refractivity contribution in [3.05, 3.63) is 34.2 Å². The van der Waals surface area contributed by atoms with E-state index < -0.39 is 0 Å². The Labute approximate surface area is 121 Å². The van der Waals surface area contributed by atoms with Crippen molar-refractivity contribution in [2.24, 2.45) is 0 Å². The number of rotatable bonds is 3. The Hall–Kier alpha value is -2.50. The first-order valence-corrected chi connectivity index (χ1v) is 6.59. The fourth-order valence-corrected chi connectivity index (χ4v) is 2.63. The molecule has 3 rings (SSSR count). The Morgan fingerprint density at radius 3 is 2.43 bits per heavy atom. The molecule has 2 aromatic rings. The van der Waals surface area contributed by atoms with E-state index in [0.717, 1.165) is 23.2 Å². The number of hydrogen-bond acceptors (Lipinski definition) is 5. The molecule has 2 heterocycles. The lowest BCUT2D eigenvalue weighted by Crippen LogP contribution is -2.28. The number of hydrogen-bond donors (Lipinski definition) is 0. The maximum atomic E-state index is 12.0. The molecule has 0 unspecified atom stereocenters. The monoisotopic (exact) mass is 288 g/mol. The smallest absolute Gasteiger partial charge is 0.351 e. The van der Waals surface area contributed by atoms with Gasteiger partial charge in [0.2, 0.25) is 5.88 Å². The van der Waals surface area contributed by atoms with Gasteiger partial charge in [-0.3, -0.25) is 4.57 Å². The fraction of sp³-hybridized carbons (Fsp3) is 0.333. The van der Waals surface area contributed by atoms with Crippen molar-refractivity contribution in [1.29, 1.82) is 0 Å². The molecule has 1 aliphatic heterocycles. The second-order valence-corrected chi connectivity index (χ2v) is 4.73. The van der Waals surface area contributed by atoms with Gasteiger partial charge in [-0.25, -0.2) is 4.79 Å². The quantitative estimate of drug-likeness (QED) is 0.856. The van der Waals surface area contributed by atoms with Gasteiger partial charge in [-0.1, -0.05) is 0 Å². The third kappa shape index (κ3) is 2.12. The van der Waals surface area contributed by atoms with Crippen LogP contribution in [0.3, 0.4) is 0 Å². The predicted molar refractivity (Wildman–Crippen MR) is 77.3 cm³/mol. The number of aryl methyl sites for hydroxylation is 1. The first-order chi connectivity index (χ1) is 10.2. The molecule has 0 spiro atoms. The van der Waals surface area contributed by atoms with E-state index in [1.165, 1.54) is 7.11 Å². The van der Waals surface area contributed by atoms with Crippen molar-refractivity contribution >= 4 is 0 Å². The molecule has 0 aliphatic carbocycles. The van der Waals surface area contributed by atoms with E-state index in [1.807, 2.05) is 12.1 Å². The first kappa shape index (κ1) is 13.5. The zero-order valence-corrected chi connectivity index (χ0v) is 12.2. The summed E-state index contributed by atoms with van der Waals surface area (Å²) in [6, 6.07) is 5.61. The molecule has 1 aromatic carbocycles. The summed E-state index contributed by atoms with van der Waals surface area (Å²) in [4.78, 5) is 15.9. The second-order valence-electron chi connectivity index (χ2n) is 4.73. The van der Waals surface area contributed by atoms with Crippen LogP contribution in [0.25, 0.3) is 11.3 Å². The van der Waals surface area contributed by atoms with Crippen LogP contribution in [0.2, 0.25) is 0 Å². The van der Waals surface area contributed by atoms with Crippen LogP contribution in [0.5, 0.6) is 17.4 Å². The largest absolute Gasteiger partial charge is 0.493 e. The standard InChI is InChI=1S/C15H16N2O4/c1-19-12-6-9-4-5-17-11(10(9)7-13(12)20-2)8-14(21-3)16-15(17)18/h6-8H,4-5H2,1-3H3. The highest BCUT2D eigenvalue weighted by molar-refractivity contribution is 5.70. The molecule has 0 saturated heterocycles. The van der Waals surface area contributed by atoms with Crippen LogP contribution in [0.1, 0.15) is 5.56 Å². The van der Waals surface area contributed by atoms with E-state index in [0.29, 0.717) is 23.9 Å². The summed E-state index contributed by atoms with van der Waals surface area (Å²) in [5.74, 6) is 1.63. The van der Waals surface area contributed by atoms with Gasteiger partial charge in [-0.15, -0.1) is 0 Å². The van der Waals surface area contributed by atoms with E-state index in [1.54, 1.807) is 24.9 Å². The molecule has 0 fully saturated rings. The molecule has 0 N–H and O–H groups in total. The molecular formula is C15H16N2O4. The Kier molecular flexibility index (Phi) is 3.29. The average molecular weight is 288 g/mol. The minimum atomic E-state index is -0.301. The maximum absolute atomic E-state index is 12.0. The van der Waals surface area contributed by atoms with Crippen molar-refractivity contribution in [3.8, 4) is 28.6 Å². The summed E-state index contributed by atoms with van der Waals surface area (Å²) in [5, 5.41) is 0. The summed E-state index contributed by atoms with van der Waals surface area (Å²) in [6.07, 6.45) is 0.747. The highest BCUT2D eigenvalue weighted by Crippen LogP contribution is 2.38. The van der Waals surface area contributed by atoms with Crippen LogP contribution < -0.4 is 19.9 Å². The zero-order chi connectivity index (χ0) is 15.0. The molecule has 0 saturated carbocycles. The predicted octanol–water partition coefficient (Wildman–Crippen LogP) is 1.49. The first-order valence-electron chi connectivity index (χ1n) is 6.59. The van der Waals surface area contributed by atoms with E-state index in [9.17, 15) is 4.79 Å². The second kappa shape index (κ2) is 5.12. The molecule has 0 amide bonds. The molecule has 0 bridgehead atoms. The maximum Gasteiger partial charge on any atom is 0.351 e. The molecule has 1 aromatic heterocycles. The Balaban J connectivity index is 2.26. The molecule has 110 valence electrons. The number of benzene rings is 1. The lowest BCUT2D eigenvalue weighted by Gasteiger charge is -2.23. The van der Waals surface area contributed by atoms with Crippen LogP contribution in [0, 0.1) is 0 Å². The highest BCUT2D eigenvalue weighted by Gasteiger charge is 2.21. The molecule has 21 heavy (non-hydrogen) atoms. The normalized spacial score (nSPS) is 12.3. The van der Waals surface area contributed by atoms with Gasteiger partial charge >= 0.3 is 5.69 Å². The van der Waals surface area contributed by atoms with Crippen molar-refractivity contribution < 1.29 is 14.2 Å². The summed E-state index contributed by atoms with van der Waals surface area (Å²) in [6.45, 7) is 0.591. The molecule has 6 nitrogen and oxygen atoms in total. The lowest BCUT2D eigenvalue weighted by molar-refractivity contribution is 0.354. The topological polar surface area (TPSA) is 62.6 Å². The van der Waals surface area contributed by atoms with E-state index in [2.05, 4.69) is 4.98 Å². The van der Waals surface area contributed by atoms with Gasteiger partial charge in [0.1, 0.15) is 0 Å². The van der Waals surface area contributed by atoms with E-state index in [4.69, 9.17) is 14.2 Å². The Morgan fingerprint density at radius 1 is 1.05 bits per heavy atom. The van der Waals surface area contributed by atoms with Crippen LogP contribution in [0.4, 0.5) is 0 Å². The van der Waals surface area contributed by atoms with Crippen LogP contribution in [-0.4, -0.2) is 30.9 Å². The summed E-state index contributed by atoms with van der Waals surface area (Å²) < 4.78 is 17.4.